The summed E-state index contributed by atoms with van der Waals surface area (Å²) in [6.45, 7) is 8.54. The van der Waals surface area contributed by atoms with Gasteiger partial charge in [0.15, 0.2) is 0 Å². The maximum atomic E-state index is 11.2. The standard InChI is InChI=1S/C20H24ClN5O2S/c1-11(2)9-22-14-5-6-18(15(21)7-14)28-20-23-10-19(29-20)17-8-16(25-26-17)12(3)24-13(4)27/h5-8,10-12,22H,9H2,1-4H3,(H,24,27)(H,25,26). The lowest BCUT2D eigenvalue weighted by molar-refractivity contribution is -0.119. The van der Waals surface area contributed by atoms with E-state index in [1.807, 2.05) is 31.2 Å². The molecular formula is C20H24ClN5O2S. The zero-order chi connectivity index (χ0) is 21.0. The molecule has 1 amide bonds. The van der Waals surface area contributed by atoms with E-state index in [1.165, 1.54) is 18.3 Å². The third-order valence-electron chi connectivity index (χ3n) is 4.06. The smallest absolute Gasteiger partial charge is 0.279 e. The summed E-state index contributed by atoms with van der Waals surface area (Å²) in [5, 5.41) is 14.4. The van der Waals surface area contributed by atoms with Crippen LogP contribution >= 0.6 is 22.9 Å². The SMILES string of the molecule is CC(=O)NC(C)c1cc(-c2cnc(Oc3ccc(NCC(C)C)cc3Cl)s2)n[nH]1. The second-order valence-corrected chi connectivity index (χ2v) is 8.54. The van der Waals surface area contributed by atoms with Crippen LogP contribution in [-0.4, -0.2) is 27.6 Å². The maximum absolute atomic E-state index is 11.2. The highest BCUT2D eigenvalue weighted by Crippen LogP contribution is 2.36. The third-order valence-corrected chi connectivity index (χ3v) is 5.26. The normalized spacial score (nSPS) is 12.1. The van der Waals surface area contributed by atoms with Crippen LogP contribution in [0.2, 0.25) is 5.02 Å². The van der Waals surface area contributed by atoms with Gasteiger partial charge in [-0.25, -0.2) is 4.98 Å². The highest BCUT2D eigenvalue weighted by Gasteiger charge is 2.14. The molecule has 0 saturated heterocycles. The lowest BCUT2D eigenvalue weighted by atomic mass is 10.2. The minimum absolute atomic E-state index is 0.0931. The van der Waals surface area contributed by atoms with Crippen molar-refractivity contribution < 1.29 is 9.53 Å². The molecule has 0 bridgehead atoms. The van der Waals surface area contributed by atoms with Gasteiger partial charge in [-0.05, 0) is 37.1 Å². The largest absolute Gasteiger partial charge is 0.429 e. The summed E-state index contributed by atoms with van der Waals surface area (Å²) < 4.78 is 5.85. The van der Waals surface area contributed by atoms with E-state index in [2.05, 4.69) is 39.7 Å². The van der Waals surface area contributed by atoms with E-state index < -0.39 is 0 Å². The number of carbonyl (C=O) groups excluding carboxylic acids is 1. The predicted molar refractivity (Wildman–Crippen MR) is 117 cm³/mol. The maximum Gasteiger partial charge on any atom is 0.279 e. The van der Waals surface area contributed by atoms with E-state index in [0.29, 0.717) is 21.9 Å². The molecule has 7 nitrogen and oxygen atoms in total. The first-order chi connectivity index (χ1) is 13.8. The molecule has 154 valence electrons. The van der Waals surface area contributed by atoms with Gasteiger partial charge in [0, 0.05) is 19.2 Å². The Morgan fingerprint density at radius 1 is 1.31 bits per heavy atom. The zero-order valence-electron chi connectivity index (χ0n) is 16.7. The minimum Gasteiger partial charge on any atom is -0.429 e. The van der Waals surface area contributed by atoms with Crippen LogP contribution in [0.25, 0.3) is 10.6 Å². The van der Waals surface area contributed by atoms with E-state index in [4.69, 9.17) is 16.3 Å². The molecule has 1 aromatic carbocycles. The third kappa shape index (κ3) is 5.71. The molecule has 0 spiro atoms. The number of aromatic amines is 1. The van der Waals surface area contributed by atoms with Crippen molar-refractivity contribution in [1.82, 2.24) is 20.5 Å². The summed E-state index contributed by atoms with van der Waals surface area (Å²) in [4.78, 5) is 16.4. The number of nitrogens with one attached hydrogen (secondary N) is 3. The van der Waals surface area contributed by atoms with E-state index in [1.54, 1.807) is 6.20 Å². The van der Waals surface area contributed by atoms with E-state index in [9.17, 15) is 4.79 Å². The molecule has 0 aliphatic rings. The number of carbonyl (C=O) groups is 1. The van der Waals surface area contributed by atoms with Crippen LogP contribution in [0.15, 0.2) is 30.5 Å². The van der Waals surface area contributed by atoms with Crippen LogP contribution in [-0.2, 0) is 4.79 Å². The summed E-state index contributed by atoms with van der Waals surface area (Å²) in [6, 6.07) is 7.34. The molecule has 9 heteroatoms. The molecule has 1 unspecified atom stereocenters. The monoisotopic (exact) mass is 433 g/mol. The predicted octanol–water partition coefficient (Wildman–Crippen LogP) is 5.24. The van der Waals surface area contributed by atoms with Gasteiger partial charge in [-0.1, -0.05) is 36.8 Å². The fraction of sp³-hybridized carbons (Fsp3) is 0.350. The van der Waals surface area contributed by atoms with Crippen LogP contribution in [0.4, 0.5) is 5.69 Å². The Kier molecular flexibility index (Phi) is 6.76. The number of rotatable bonds is 8. The number of aromatic nitrogens is 3. The number of benzene rings is 1. The van der Waals surface area contributed by atoms with Gasteiger partial charge in [0.05, 0.1) is 27.8 Å². The fourth-order valence-corrected chi connectivity index (χ4v) is 3.56. The van der Waals surface area contributed by atoms with Gasteiger partial charge in [-0.15, -0.1) is 0 Å². The van der Waals surface area contributed by atoms with Crippen LogP contribution in [0, 0.1) is 5.92 Å². The van der Waals surface area contributed by atoms with Crippen LogP contribution < -0.4 is 15.4 Å². The fourth-order valence-electron chi connectivity index (χ4n) is 2.60. The number of halogens is 1. The zero-order valence-corrected chi connectivity index (χ0v) is 18.3. The van der Waals surface area contributed by atoms with Crippen molar-refractivity contribution in [3.63, 3.8) is 0 Å². The van der Waals surface area contributed by atoms with Crippen LogP contribution in [0.3, 0.4) is 0 Å². The molecule has 0 fully saturated rings. The first-order valence-electron chi connectivity index (χ1n) is 9.31. The number of hydrogen-bond donors (Lipinski definition) is 3. The van der Waals surface area contributed by atoms with Gasteiger partial charge in [0.1, 0.15) is 11.4 Å². The van der Waals surface area contributed by atoms with Crippen molar-refractivity contribution in [2.45, 2.75) is 33.7 Å². The van der Waals surface area contributed by atoms with Gasteiger partial charge >= 0.3 is 0 Å². The van der Waals surface area contributed by atoms with Crippen LogP contribution in [0.5, 0.6) is 10.9 Å². The van der Waals surface area contributed by atoms with Crippen molar-refractivity contribution in [3.05, 3.63) is 41.2 Å². The number of nitrogens with zero attached hydrogens (tertiary/aromatic N) is 2. The molecule has 3 rings (SSSR count). The van der Waals surface area contributed by atoms with E-state index >= 15 is 0 Å². The van der Waals surface area contributed by atoms with Crippen molar-refractivity contribution in [1.29, 1.82) is 0 Å². The summed E-state index contributed by atoms with van der Waals surface area (Å²) in [6.07, 6.45) is 1.70. The number of amides is 1. The van der Waals surface area contributed by atoms with Gasteiger partial charge in [-0.3, -0.25) is 9.89 Å². The van der Waals surface area contributed by atoms with Gasteiger partial charge in [0.25, 0.3) is 5.19 Å². The molecule has 0 radical (unpaired) electrons. The molecule has 1 atom stereocenters. The molecule has 0 aliphatic heterocycles. The Hall–Kier alpha value is -2.58. The average Bonchev–Trinajstić information content (AvgIpc) is 3.30. The van der Waals surface area contributed by atoms with Crippen molar-refractivity contribution in [2.75, 3.05) is 11.9 Å². The first-order valence-corrected chi connectivity index (χ1v) is 10.5. The highest BCUT2D eigenvalue weighted by atomic mass is 35.5. The van der Waals surface area contributed by atoms with E-state index in [0.717, 1.165) is 28.5 Å². The highest BCUT2D eigenvalue weighted by molar-refractivity contribution is 7.16. The Morgan fingerprint density at radius 2 is 2.10 bits per heavy atom. The summed E-state index contributed by atoms with van der Waals surface area (Å²) >= 11 is 7.73. The van der Waals surface area contributed by atoms with Crippen LogP contribution in [0.1, 0.15) is 39.4 Å². The molecular weight excluding hydrogens is 410 g/mol. The second kappa shape index (κ2) is 9.28. The van der Waals surface area contributed by atoms with Crippen molar-refractivity contribution in [2.24, 2.45) is 5.92 Å². The Labute approximate surface area is 178 Å². The molecule has 2 aromatic heterocycles. The van der Waals surface area contributed by atoms with Crippen molar-refractivity contribution >= 4 is 34.5 Å². The number of thiazole rings is 1. The Balaban J connectivity index is 1.68. The summed E-state index contributed by atoms with van der Waals surface area (Å²) in [7, 11) is 0. The number of hydrogen-bond acceptors (Lipinski definition) is 6. The molecule has 0 saturated carbocycles. The Morgan fingerprint density at radius 3 is 2.79 bits per heavy atom. The molecule has 0 aliphatic carbocycles. The molecule has 3 aromatic rings. The summed E-state index contributed by atoms with van der Waals surface area (Å²) in [5.74, 6) is 0.997. The van der Waals surface area contributed by atoms with Gasteiger partial charge < -0.3 is 15.4 Å². The lowest BCUT2D eigenvalue weighted by Crippen LogP contribution is -2.23. The first kappa shape index (κ1) is 21.1. The number of ether oxygens (including phenoxy) is 1. The molecule has 29 heavy (non-hydrogen) atoms. The quantitative estimate of drug-likeness (QED) is 0.451. The summed E-state index contributed by atoms with van der Waals surface area (Å²) in [5.41, 5.74) is 2.51. The second-order valence-electron chi connectivity index (χ2n) is 7.14. The van der Waals surface area contributed by atoms with E-state index in [-0.39, 0.29) is 11.9 Å². The number of anilines is 1. The van der Waals surface area contributed by atoms with Gasteiger partial charge in [0.2, 0.25) is 5.91 Å². The average molecular weight is 434 g/mol. The van der Waals surface area contributed by atoms with Crippen molar-refractivity contribution in [3.8, 4) is 21.5 Å². The lowest BCUT2D eigenvalue weighted by Gasteiger charge is -2.11. The number of H-pyrrole nitrogens is 1. The molecule has 2 heterocycles. The minimum atomic E-state index is -0.154. The topological polar surface area (TPSA) is 91.9 Å². The molecule has 3 N–H and O–H groups in total. The Bertz CT molecular complexity index is 985. The van der Waals surface area contributed by atoms with Gasteiger partial charge in [-0.2, -0.15) is 5.10 Å².